The lowest BCUT2D eigenvalue weighted by atomic mass is 10.2. The molecule has 0 spiro atoms. The number of rotatable bonds is 1. The predicted molar refractivity (Wildman–Crippen MR) is 65.4 cm³/mol. The van der Waals surface area contributed by atoms with Gasteiger partial charge in [0.15, 0.2) is 5.65 Å². The van der Waals surface area contributed by atoms with Crippen LogP contribution < -0.4 is 10.4 Å². The molecule has 86 valence electrons. The van der Waals surface area contributed by atoms with E-state index in [4.69, 9.17) is 4.74 Å². The van der Waals surface area contributed by atoms with Crippen LogP contribution in [0.3, 0.4) is 0 Å². The van der Waals surface area contributed by atoms with Gasteiger partial charge < -0.3 is 9.72 Å². The van der Waals surface area contributed by atoms with Gasteiger partial charge >= 0.3 is 5.69 Å². The Hall–Kier alpha value is -2.30. The minimum absolute atomic E-state index is 0.158. The van der Waals surface area contributed by atoms with Crippen molar-refractivity contribution in [1.29, 1.82) is 0 Å². The van der Waals surface area contributed by atoms with Gasteiger partial charge in [-0.05, 0) is 24.3 Å². The molecule has 5 heteroatoms. The zero-order chi connectivity index (χ0) is 12.0. The lowest BCUT2D eigenvalue weighted by Crippen LogP contribution is -2.12. The molecule has 3 aromatic rings. The normalized spacial score (nSPS) is 11.2. The summed E-state index contributed by atoms with van der Waals surface area (Å²) in [5.74, 6) is 0.775. The van der Waals surface area contributed by atoms with Crippen LogP contribution in [0.2, 0.25) is 0 Å². The van der Waals surface area contributed by atoms with Crippen molar-refractivity contribution in [2.75, 3.05) is 7.11 Å². The van der Waals surface area contributed by atoms with Gasteiger partial charge in [-0.2, -0.15) is 0 Å². The molecule has 0 saturated heterocycles. The second kappa shape index (κ2) is 3.35. The molecule has 0 bridgehead atoms. The fourth-order valence-electron chi connectivity index (χ4n) is 1.91. The Kier molecular flexibility index (Phi) is 1.95. The maximum Gasteiger partial charge on any atom is 0.327 e. The fraction of sp³-hybridized carbons (Fsp3) is 0.167. The van der Waals surface area contributed by atoms with E-state index in [1.807, 2.05) is 24.3 Å². The molecule has 0 amide bonds. The number of aromatic nitrogens is 3. The molecule has 5 nitrogen and oxygen atoms in total. The molecule has 0 unspecified atom stereocenters. The number of hydrogen-bond donors (Lipinski definition) is 1. The number of H-pyrrole nitrogens is 1. The largest absolute Gasteiger partial charge is 0.497 e. The number of ether oxygens (including phenoxy) is 1. The first-order valence-electron chi connectivity index (χ1n) is 5.22. The van der Waals surface area contributed by atoms with Crippen LogP contribution >= 0.6 is 0 Å². The summed E-state index contributed by atoms with van der Waals surface area (Å²) in [5.41, 5.74) is 2.08. The van der Waals surface area contributed by atoms with Gasteiger partial charge in [0, 0.05) is 12.4 Å². The van der Waals surface area contributed by atoms with Crippen LogP contribution in [0.1, 0.15) is 0 Å². The van der Waals surface area contributed by atoms with Gasteiger partial charge in [0.1, 0.15) is 5.75 Å². The third kappa shape index (κ3) is 1.39. The van der Waals surface area contributed by atoms with E-state index in [2.05, 4.69) is 9.97 Å². The third-order valence-corrected chi connectivity index (χ3v) is 2.87. The van der Waals surface area contributed by atoms with E-state index in [1.165, 1.54) is 4.57 Å². The first-order chi connectivity index (χ1) is 8.19. The summed E-state index contributed by atoms with van der Waals surface area (Å²) in [5, 5.41) is 0.943. The van der Waals surface area contributed by atoms with Crippen LogP contribution in [0.4, 0.5) is 0 Å². The average molecular weight is 229 g/mol. The number of aromatic amines is 1. The zero-order valence-corrected chi connectivity index (χ0v) is 9.52. The molecule has 0 atom stereocenters. The van der Waals surface area contributed by atoms with Gasteiger partial charge in [0.05, 0.1) is 18.1 Å². The highest BCUT2D eigenvalue weighted by atomic mass is 16.5. The van der Waals surface area contributed by atoms with E-state index in [-0.39, 0.29) is 5.69 Å². The maximum atomic E-state index is 11.5. The van der Waals surface area contributed by atoms with E-state index in [9.17, 15) is 4.79 Å². The Morgan fingerprint density at radius 1 is 1.35 bits per heavy atom. The molecule has 2 aromatic heterocycles. The molecule has 0 fully saturated rings. The summed E-state index contributed by atoms with van der Waals surface area (Å²) < 4.78 is 6.66. The quantitative estimate of drug-likeness (QED) is 0.686. The van der Waals surface area contributed by atoms with Gasteiger partial charge in [0.25, 0.3) is 0 Å². The molecule has 1 N–H and O–H groups in total. The van der Waals surface area contributed by atoms with Gasteiger partial charge in [-0.3, -0.25) is 4.57 Å². The van der Waals surface area contributed by atoms with Crippen molar-refractivity contribution < 1.29 is 4.74 Å². The van der Waals surface area contributed by atoms with E-state index in [1.54, 1.807) is 14.2 Å². The molecule has 1 aromatic carbocycles. The highest BCUT2D eigenvalue weighted by Gasteiger charge is 2.06. The van der Waals surface area contributed by atoms with Crippen LogP contribution in [0.5, 0.6) is 5.75 Å². The molecule has 2 heterocycles. The van der Waals surface area contributed by atoms with Gasteiger partial charge in [-0.1, -0.05) is 0 Å². The minimum Gasteiger partial charge on any atom is -0.497 e. The van der Waals surface area contributed by atoms with Crippen molar-refractivity contribution in [3.05, 3.63) is 34.7 Å². The highest BCUT2D eigenvalue weighted by Crippen LogP contribution is 2.21. The monoisotopic (exact) mass is 229 g/mol. The van der Waals surface area contributed by atoms with Crippen molar-refractivity contribution in [3.63, 3.8) is 0 Å². The second-order valence-corrected chi connectivity index (χ2v) is 3.91. The molecule has 0 radical (unpaired) electrons. The van der Waals surface area contributed by atoms with E-state index >= 15 is 0 Å². The topological polar surface area (TPSA) is 59.9 Å². The summed E-state index contributed by atoms with van der Waals surface area (Å²) in [6, 6.07) is 7.53. The van der Waals surface area contributed by atoms with E-state index < -0.39 is 0 Å². The fourth-order valence-corrected chi connectivity index (χ4v) is 1.91. The summed E-state index contributed by atoms with van der Waals surface area (Å²) >= 11 is 0. The molecule has 17 heavy (non-hydrogen) atoms. The van der Waals surface area contributed by atoms with Crippen LogP contribution in [-0.2, 0) is 7.05 Å². The summed E-state index contributed by atoms with van der Waals surface area (Å²) in [4.78, 5) is 18.7. The molecule has 0 aliphatic rings. The first kappa shape index (κ1) is 9.89. The highest BCUT2D eigenvalue weighted by molar-refractivity contribution is 5.90. The number of nitrogens with one attached hydrogen (secondary N) is 1. The number of imidazole rings is 1. The van der Waals surface area contributed by atoms with Crippen molar-refractivity contribution in [2.45, 2.75) is 0 Å². The van der Waals surface area contributed by atoms with Crippen molar-refractivity contribution in [1.82, 2.24) is 14.5 Å². The SMILES string of the molecule is COc1ccc2nc3c(cc2c1)[nH]c(=O)n3C. The van der Waals surface area contributed by atoms with Crippen LogP contribution in [0, 0.1) is 0 Å². The summed E-state index contributed by atoms with van der Waals surface area (Å²) in [6.45, 7) is 0. The molecule has 0 aliphatic heterocycles. The Morgan fingerprint density at radius 2 is 2.18 bits per heavy atom. The first-order valence-corrected chi connectivity index (χ1v) is 5.22. The number of nitrogens with zero attached hydrogens (tertiary/aromatic N) is 2. The number of aryl methyl sites for hydroxylation is 1. The van der Waals surface area contributed by atoms with Gasteiger partial charge in [-0.15, -0.1) is 0 Å². The van der Waals surface area contributed by atoms with E-state index in [0.717, 1.165) is 22.2 Å². The lowest BCUT2D eigenvalue weighted by molar-refractivity contribution is 0.415. The standard InChI is InChI=1S/C12H11N3O2/c1-15-11-10(14-12(15)16)6-7-5-8(17-2)3-4-9(7)13-11/h3-6H,1-2H3,(H,14,16). The van der Waals surface area contributed by atoms with Crippen LogP contribution in [-0.4, -0.2) is 21.6 Å². The molecular formula is C12H11N3O2. The summed E-state index contributed by atoms with van der Waals surface area (Å²) in [7, 11) is 3.32. The second-order valence-electron chi connectivity index (χ2n) is 3.91. The Balaban J connectivity index is 2.43. The number of methoxy groups -OCH3 is 1. The number of fused-ring (bicyclic) bond motifs is 2. The van der Waals surface area contributed by atoms with E-state index in [0.29, 0.717) is 5.65 Å². The summed E-state index contributed by atoms with van der Waals surface area (Å²) in [6.07, 6.45) is 0. The smallest absolute Gasteiger partial charge is 0.327 e. The number of pyridine rings is 1. The van der Waals surface area contributed by atoms with Crippen LogP contribution in [0.25, 0.3) is 22.1 Å². The number of hydrogen-bond acceptors (Lipinski definition) is 3. The maximum absolute atomic E-state index is 11.5. The average Bonchev–Trinajstić information content (AvgIpc) is 2.62. The molecule has 3 rings (SSSR count). The van der Waals surface area contributed by atoms with Gasteiger partial charge in [-0.25, -0.2) is 9.78 Å². The van der Waals surface area contributed by atoms with Crippen LogP contribution in [0.15, 0.2) is 29.1 Å². The van der Waals surface area contributed by atoms with Crippen molar-refractivity contribution in [2.24, 2.45) is 7.05 Å². The Morgan fingerprint density at radius 3 is 2.94 bits per heavy atom. The van der Waals surface area contributed by atoms with Crippen molar-refractivity contribution in [3.8, 4) is 5.75 Å². The lowest BCUT2D eigenvalue weighted by Gasteiger charge is -2.02. The molecular weight excluding hydrogens is 218 g/mol. The molecule has 0 aliphatic carbocycles. The Bertz CT molecular complexity index is 770. The Labute approximate surface area is 96.7 Å². The zero-order valence-electron chi connectivity index (χ0n) is 9.52. The number of benzene rings is 1. The van der Waals surface area contributed by atoms with Gasteiger partial charge in [0.2, 0.25) is 0 Å². The molecule has 0 saturated carbocycles. The third-order valence-electron chi connectivity index (χ3n) is 2.87. The predicted octanol–water partition coefficient (Wildman–Crippen LogP) is 1.42. The van der Waals surface area contributed by atoms with Crippen molar-refractivity contribution >= 4 is 22.1 Å². The minimum atomic E-state index is -0.158.